The number of halogens is 1. The van der Waals surface area contributed by atoms with E-state index in [2.05, 4.69) is 4.90 Å². The first-order valence-electron chi connectivity index (χ1n) is 6.32. The highest BCUT2D eigenvalue weighted by molar-refractivity contribution is 5.83. The van der Waals surface area contributed by atoms with E-state index in [4.69, 9.17) is 4.74 Å². The number of ketones is 1. The van der Waals surface area contributed by atoms with E-state index in [1.807, 2.05) is 0 Å². The molecule has 2 bridgehead atoms. The Kier molecular flexibility index (Phi) is 2.73. The highest BCUT2D eigenvalue weighted by Gasteiger charge is 2.41. The third-order valence-electron chi connectivity index (χ3n) is 3.98. The SMILES string of the molecule is COc1ccc(F)c(N2C3CCC2CC(=O)C3)c1. The average Bonchev–Trinajstić information content (AvgIpc) is 2.63. The molecule has 0 aliphatic carbocycles. The number of carbonyl (C=O) groups excluding carboxylic acids is 1. The number of carbonyl (C=O) groups is 1. The molecule has 4 heteroatoms. The van der Waals surface area contributed by atoms with E-state index in [-0.39, 0.29) is 17.9 Å². The molecule has 2 saturated heterocycles. The van der Waals surface area contributed by atoms with Crippen LogP contribution in [0.2, 0.25) is 0 Å². The molecule has 18 heavy (non-hydrogen) atoms. The molecule has 0 aromatic heterocycles. The van der Waals surface area contributed by atoms with Crippen molar-refractivity contribution in [1.82, 2.24) is 0 Å². The van der Waals surface area contributed by atoms with Gasteiger partial charge < -0.3 is 9.64 Å². The van der Waals surface area contributed by atoms with Gasteiger partial charge >= 0.3 is 0 Å². The normalized spacial score (nSPS) is 26.6. The van der Waals surface area contributed by atoms with Crippen molar-refractivity contribution in [2.24, 2.45) is 0 Å². The van der Waals surface area contributed by atoms with Crippen molar-refractivity contribution in [3.05, 3.63) is 24.0 Å². The summed E-state index contributed by atoms with van der Waals surface area (Å²) >= 11 is 0. The van der Waals surface area contributed by atoms with E-state index in [0.717, 1.165) is 12.8 Å². The second-order valence-electron chi connectivity index (χ2n) is 5.06. The summed E-state index contributed by atoms with van der Waals surface area (Å²) in [7, 11) is 1.57. The Morgan fingerprint density at radius 2 is 1.94 bits per heavy atom. The molecule has 96 valence electrons. The van der Waals surface area contributed by atoms with E-state index in [1.54, 1.807) is 19.2 Å². The highest BCUT2D eigenvalue weighted by atomic mass is 19.1. The van der Waals surface area contributed by atoms with Gasteiger partial charge in [-0.05, 0) is 25.0 Å². The molecule has 1 aromatic carbocycles. The van der Waals surface area contributed by atoms with Crippen LogP contribution >= 0.6 is 0 Å². The molecular formula is C14H16FNO2. The largest absolute Gasteiger partial charge is 0.497 e. The number of methoxy groups -OCH3 is 1. The molecule has 2 heterocycles. The number of anilines is 1. The molecule has 0 amide bonds. The fourth-order valence-electron chi connectivity index (χ4n) is 3.18. The number of piperidine rings is 1. The Hall–Kier alpha value is -1.58. The Morgan fingerprint density at radius 3 is 2.56 bits per heavy atom. The van der Waals surface area contributed by atoms with E-state index in [9.17, 15) is 9.18 Å². The first-order chi connectivity index (χ1) is 8.69. The third-order valence-corrected chi connectivity index (χ3v) is 3.98. The van der Waals surface area contributed by atoms with E-state index < -0.39 is 0 Å². The molecule has 2 aliphatic heterocycles. The maximum Gasteiger partial charge on any atom is 0.146 e. The molecule has 2 atom stereocenters. The van der Waals surface area contributed by atoms with Gasteiger partial charge in [-0.1, -0.05) is 0 Å². The van der Waals surface area contributed by atoms with Gasteiger partial charge in [0.2, 0.25) is 0 Å². The Bertz CT molecular complexity index is 473. The smallest absolute Gasteiger partial charge is 0.146 e. The van der Waals surface area contributed by atoms with Crippen molar-refractivity contribution in [3.63, 3.8) is 0 Å². The second kappa shape index (κ2) is 4.26. The summed E-state index contributed by atoms with van der Waals surface area (Å²) in [5.41, 5.74) is 0.578. The van der Waals surface area contributed by atoms with Gasteiger partial charge in [0, 0.05) is 31.0 Å². The Morgan fingerprint density at radius 1 is 1.28 bits per heavy atom. The maximum atomic E-state index is 14.0. The highest BCUT2D eigenvalue weighted by Crippen LogP contribution is 2.40. The number of fused-ring (bicyclic) bond motifs is 2. The summed E-state index contributed by atoms with van der Waals surface area (Å²) in [5.74, 6) is 0.729. The summed E-state index contributed by atoms with van der Waals surface area (Å²) < 4.78 is 19.1. The number of nitrogens with zero attached hydrogens (tertiary/aromatic N) is 1. The van der Waals surface area contributed by atoms with Crippen LogP contribution < -0.4 is 9.64 Å². The molecule has 2 unspecified atom stereocenters. The van der Waals surface area contributed by atoms with Crippen LogP contribution in [0.15, 0.2) is 18.2 Å². The number of hydrogen-bond acceptors (Lipinski definition) is 3. The van der Waals surface area contributed by atoms with Crippen LogP contribution in [0.3, 0.4) is 0 Å². The first kappa shape index (κ1) is 11.5. The van der Waals surface area contributed by atoms with Crippen LogP contribution in [0, 0.1) is 5.82 Å². The molecule has 3 rings (SSSR count). The predicted octanol–water partition coefficient (Wildman–Crippen LogP) is 2.53. The van der Waals surface area contributed by atoms with Gasteiger partial charge in [0.15, 0.2) is 0 Å². The standard InChI is InChI=1S/C14H16FNO2/c1-18-12-4-5-13(15)14(8-12)16-9-2-3-10(16)7-11(17)6-9/h4-5,8-10H,2-3,6-7H2,1H3. The Balaban J connectivity index is 1.98. The monoisotopic (exact) mass is 249 g/mol. The minimum absolute atomic E-state index is 0.165. The molecular weight excluding hydrogens is 233 g/mol. The molecule has 0 N–H and O–H groups in total. The summed E-state index contributed by atoms with van der Waals surface area (Å²) in [5, 5.41) is 0. The van der Waals surface area contributed by atoms with Gasteiger partial charge in [-0.3, -0.25) is 4.79 Å². The third kappa shape index (κ3) is 1.76. The van der Waals surface area contributed by atoms with Gasteiger partial charge in [0.25, 0.3) is 0 Å². The quantitative estimate of drug-likeness (QED) is 0.806. The maximum absolute atomic E-state index is 14.0. The summed E-state index contributed by atoms with van der Waals surface area (Å²) in [4.78, 5) is 13.6. The molecule has 0 spiro atoms. The van der Waals surface area contributed by atoms with Crippen LogP contribution in [0.5, 0.6) is 5.75 Å². The molecule has 1 aromatic rings. The van der Waals surface area contributed by atoms with Crippen LogP contribution in [0.4, 0.5) is 10.1 Å². The first-order valence-corrected chi connectivity index (χ1v) is 6.32. The minimum atomic E-state index is -0.234. The van der Waals surface area contributed by atoms with E-state index in [0.29, 0.717) is 30.1 Å². The number of ether oxygens (including phenoxy) is 1. The van der Waals surface area contributed by atoms with Crippen LogP contribution in [0.1, 0.15) is 25.7 Å². The average molecular weight is 249 g/mol. The summed E-state index contributed by atoms with van der Waals surface area (Å²) in [6.45, 7) is 0. The van der Waals surface area contributed by atoms with Gasteiger partial charge in [0.1, 0.15) is 17.3 Å². The molecule has 2 aliphatic rings. The van der Waals surface area contributed by atoms with Gasteiger partial charge in [0.05, 0.1) is 12.8 Å². The lowest BCUT2D eigenvalue weighted by molar-refractivity contribution is -0.120. The van der Waals surface area contributed by atoms with Crippen molar-refractivity contribution in [1.29, 1.82) is 0 Å². The van der Waals surface area contributed by atoms with Gasteiger partial charge in [-0.25, -0.2) is 4.39 Å². The van der Waals surface area contributed by atoms with Crippen molar-refractivity contribution in [2.75, 3.05) is 12.0 Å². The topological polar surface area (TPSA) is 29.5 Å². The second-order valence-corrected chi connectivity index (χ2v) is 5.06. The number of rotatable bonds is 2. The summed E-state index contributed by atoms with van der Waals surface area (Å²) in [6, 6.07) is 5.12. The van der Waals surface area contributed by atoms with E-state index >= 15 is 0 Å². The molecule has 0 saturated carbocycles. The number of benzene rings is 1. The fourth-order valence-corrected chi connectivity index (χ4v) is 3.18. The van der Waals surface area contributed by atoms with Crippen molar-refractivity contribution in [2.45, 2.75) is 37.8 Å². The zero-order chi connectivity index (χ0) is 12.7. The van der Waals surface area contributed by atoms with Crippen LogP contribution in [-0.4, -0.2) is 25.0 Å². The van der Waals surface area contributed by atoms with Crippen molar-refractivity contribution in [3.8, 4) is 5.75 Å². The van der Waals surface area contributed by atoms with Crippen LogP contribution in [-0.2, 0) is 4.79 Å². The van der Waals surface area contributed by atoms with Gasteiger partial charge in [-0.2, -0.15) is 0 Å². The zero-order valence-corrected chi connectivity index (χ0v) is 10.4. The van der Waals surface area contributed by atoms with Crippen LogP contribution in [0.25, 0.3) is 0 Å². The Labute approximate surface area is 106 Å². The van der Waals surface area contributed by atoms with Gasteiger partial charge in [-0.15, -0.1) is 0 Å². The predicted molar refractivity (Wildman–Crippen MR) is 66.5 cm³/mol. The lowest BCUT2D eigenvalue weighted by atomic mass is 10.0. The summed E-state index contributed by atoms with van der Waals surface area (Å²) in [6.07, 6.45) is 3.06. The molecule has 0 radical (unpaired) electrons. The fraction of sp³-hybridized carbons (Fsp3) is 0.500. The molecule has 2 fully saturated rings. The number of hydrogen-bond donors (Lipinski definition) is 0. The lowest BCUT2D eigenvalue weighted by Crippen LogP contribution is -2.43. The lowest BCUT2D eigenvalue weighted by Gasteiger charge is -2.36. The van der Waals surface area contributed by atoms with Crippen molar-refractivity contribution >= 4 is 11.5 Å². The van der Waals surface area contributed by atoms with E-state index in [1.165, 1.54) is 6.07 Å². The minimum Gasteiger partial charge on any atom is -0.497 e. The van der Waals surface area contributed by atoms with Crippen molar-refractivity contribution < 1.29 is 13.9 Å². The number of Topliss-reactive ketones (excluding diaryl/α,β-unsaturated/α-hetero) is 1. The molecule has 3 nitrogen and oxygen atoms in total. The zero-order valence-electron chi connectivity index (χ0n) is 10.4.